The Morgan fingerprint density at radius 1 is 1.00 bits per heavy atom. The van der Waals surface area contributed by atoms with E-state index in [2.05, 4.69) is 9.88 Å². The predicted molar refractivity (Wildman–Crippen MR) is 119 cm³/mol. The monoisotopic (exact) mass is 420 g/mol. The molecule has 1 aliphatic heterocycles. The van der Waals surface area contributed by atoms with Crippen LogP contribution in [0.15, 0.2) is 0 Å². The number of esters is 2. The molecular formula is C24H40N2O4. The molecule has 1 fully saturated rings. The smallest absolute Gasteiger partial charge is 0.355 e. The molecule has 0 bridgehead atoms. The molecule has 0 unspecified atom stereocenters. The van der Waals surface area contributed by atoms with E-state index < -0.39 is 11.6 Å². The Morgan fingerprint density at radius 3 is 2.30 bits per heavy atom. The van der Waals surface area contributed by atoms with Gasteiger partial charge in [-0.25, -0.2) is 9.59 Å². The summed E-state index contributed by atoms with van der Waals surface area (Å²) in [4.78, 5) is 30.8. The van der Waals surface area contributed by atoms with Gasteiger partial charge in [0.25, 0.3) is 0 Å². The van der Waals surface area contributed by atoms with Gasteiger partial charge >= 0.3 is 11.9 Å². The fourth-order valence-corrected chi connectivity index (χ4v) is 4.03. The molecule has 0 radical (unpaired) electrons. The van der Waals surface area contributed by atoms with Crippen molar-refractivity contribution in [3.63, 3.8) is 0 Å². The third-order valence-corrected chi connectivity index (χ3v) is 5.51. The van der Waals surface area contributed by atoms with Crippen molar-refractivity contribution in [2.75, 3.05) is 26.2 Å². The third-order valence-electron chi connectivity index (χ3n) is 5.51. The maximum atomic E-state index is 12.6. The molecule has 1 aromatic rings. The van der Waals surface area contributed by atoms with Crippen molar-refractivity contribution in [3.05, 3.63) is 22.5 Å². The van der Waals surface area contributed by atoms with Crippen LogP contribution in [0, 0.1) is 6.92 Å². The number of nitrogens with one attached hydrogen (secondary N) is 1. The van der Waals surface area contributed by atoms with E-state index in [9.17, 15) is 9.59 Å². The molecule has 0 aromatic carbocycles. The van der Waals surface area contributed by atoms with E-state index in [-0.39, 0.29) is 5.97 Å². The molecule has 6 heteroatoms. The largest absolute Gasteiger partial charge is 0.462 e. The van der Waals surface area contributed by atoms with Crippen molar-refractivity contribution in [2.24, 2.45) is 0 Å². The molecule has 30 heavy (non-hydrogen) atoms. The highest BCUT2D eigenvalue weighted by molar-refractivity contribution is 5.98. The van der Waals surface area contributed by atoms with E-state index in [1.54, 1.807) is 13.8 Å². The Labute approximate surface area is 181 Å². The second-order valence-electron chi connectivity index (χ2n) is 9.27. The first-order valence-corrected chi connectivity index (χ1v) is 11.6. The Morgan fingerprint density at radius 2 is 1.67 bits per heavy atom. The van der Waals surface area contributed by atoms with Crippen LogP contribution < -0.4 is 0 Å². The van der Waals surface area contributed by atoms with Gasteiger partial charge in [0, 0.05) is 5.69 Å². The van der Waals surface area contributed by atoms with Gasteiger partial charge in [-0.15, -0.1) is 0 Å². The van der Waals surface area contributed by atoms with E-state index in [1.165, 1.54) is 51.7 Å². The fraction of sp³-hybridized carbons (Fsp3) is 0.750. The number of H-pyrrole nitrogens is 1. The zero-order valence-corrected chi connectivity index (χ0v) is 19.6. The van der Waals surface area contributed by atoms with E-state index >= 15 is 0 Å². The lowest BCUT2D eigenvalue weighted by Crippen LogP contribution is -2.30. The molecule has 1 N–H and O–H groups in total. The number of ether oxygens (including phenoxy) is 2. The molecule has 0 aliphatic carbocycles. The van der Waals surface area contributed by atoms with Crippen LogP contribution in [0.1, 0.15) is 105 Å². The van der Waals surface area contributed by atoms with Crippen LogP contribution >= 0.6 is 0 Å². The van der Waals surface area contributed by atoms with Crippen molar-refractivity contribution in [3.8, 4) is 0 Å². The summed E-state index contributed by atoms with van der Waals surface area (Å²) in [5.74, 6) is -0.806. The predicted octanol–water partition coefficient (Wildman–Crippen LogP) is 5.04. The van der Waals surface area contributed by atoms with Gasteiger partial charge in [0.1, 0.15) is 11.3 Å². The number of rotatable bonds is 10. The zero-order valence-electron chi connectivity index (χ0n) is 19.6. The SMILES string of the molecule is CCOC(=O)c1c(CCCCCCN2CCCCC2)[nH]c(C(=O)OC(C)(C)C)c1C. The Bertz CT molecular complexity index is 697. The van der Waals surface area contributed by atoms with Crippen LogP contribution in [-0.4, -0.2) is 53.7 Å². The van der Waals surface area contributed by atoms with Crippen molar-refractivity contribution in [1.29, 1.82) is 0 Å². The molecule has 2 heterocycles. The second-order valence-corrected chi connectivity index (χ2v) is 9.27. The molecule has 0 atom stereocenters. The first kappa shape index (κ1) is 24.4. The van der Waals surface area contributed by atoms with Gasteiger partial charge < -0.3 is 19.4 Å². The molecule has 1 saturated heterocycles. The highest BCUT2D eigenvalue weighted by Gasteiger charge is 2.27. The van der Waals surface area contributed by atoms with E-state index in [1.807, 2.05) is 20.8 Å². The van der Waals surface area contributed by atoms with Crippen LogP contribution in [0.3, 0.4) is 0 Å². The highest BCUT2D eigenvalue weighted by atomic mass is 16.6. The van der Waals surface area contributed by atoms with Gasteiger partial charge in [-0.3, -0.25) is 0 Å². The minimum Gasteiger partial charge on any atom is -0.462 e. The third kappa shape index (κ3) is 7.46. The highest BCUT2D eigenvalue weighted by Crippen LogP contribution is 2.24. The average Bonchev–Trinajstić information content (AvgIpc) is 3.00. The minimum absolute atomic E-state index is 0.307. The van der Waals surface area contributed by atoms with Crippen molar-refractivity contribution < 1.29 is 19.1 Å². The van der Waals surface area contributed by atoms with E-state index in [4.69, 9.17) is 9.47 Å². The molecule has 0 amide bonds. The number of carbonyl (C=O) groups is 2. The minimum atomic E-state index is -0.590. The number of likely N-dealkylation sites (tertiary alicyclic amines) is 1. The number of unbranched alkanes of at least 4 members (excludes halogenated alkanes) is 3. The summed E-state index contributed by atoms with van der Waals surface area (Å²) in [6.45, 7) is 13.1. The quantitative estimate of drug-likeness (QED) is 0.424. The standard InChI is InChI=1S/C24H40N2O4/c1-6-29-22(27)20-18(2)21(23(28)30-24(3,4)5)25-19(20)14-10-7-8-11-15-26-16-12-9-13-17-26/h25H,6-17H2,1-5H3. The molecule has 6 nitrogen and oxygen atoms in total. The number of aromatic amines is 1. The maximum Gasteiger partial charge on any atom is 0.355 e. The van der Waals surface area contributed by atoms with Gasteiger partial charge in [-0.2, -0.15) is 0 Å². The van der Waals surface area contributed by atoms with E-state index in [0.717, 1.165) is 25.0 Å². The van der Waals surface area contributed by atoms with Gasteiger partial charge in [-0.05, 0) is 91.9 Å². The molecule has 0 saturated carbocycles. The van der Waals surface area contributed by atoms with Crippen LogP contribution in [-0.2, 0) is 15.9 Å². The molecule has 2 rings (SSSR count). The number of hydrogen-bond donors (Lipinski definition) is 1. The lowest BCUT2D eigenvalue weighted by molar-refractivity contribution is 0.00625. The maximum absolute atomic E-state index is 12.6. The summed E-state index contributed by atoms with van der Waals surface area (Å²) in [5, 5.41) is 0. The van der Waals surface area contributed by atoms with Gasteiger partial charge in [0.05, 0.1) is 12.2 Å². The number of carbonyl (C=O) groups excluding carboxylic acids is 2. The summed E-state index contributed by atoms with van der Waals surface area (Å²) in [7, 11) is 0. The van der Waals surface area contributed by atoms with Crippen LogP contribution in [0.5, 0.6) is 0 Å². The molecule has 1 aromatic heterocycles. The van der Waals surface area contributed by atoms with Gasteiger partial charge in [0.15, 0.2) is 0 Å². The Kier molecular flexibility index (Phi) is 9.40. The lowest BCUT2D eigenvalue weighted by atomic mass is 10.0. The normalized spacial score (nSPS) is 15.2. The number of hydrogen-bond acceptors (Lipinski definition) is 5. The topological polar surface area (TPSA) is 71.6 Å². The van der Waals surface area contributed by atoms with Gasteiger partial charge in [-0.1, -0.05) is 19.3 Å². The number of nitrogens with zero attached hydrogens (tertiary/aromatic N) is 1. The van der Waals surface area contributed by atoms with Crippen molar-refractivity contribution in [2.45, 2.75) is 91.6 Å². The summed E-state index contributed by atoms with van der Waals surface area (Å²) in [5.41, 5.74) is 1.65. The van der Waals surface area contributed by atoms with Crippen LogP contribution in [0.25, 0.3) is 0 Å². The summed E-state index contributed by atoms with van der Waals surface area (Å²) < 4.78 is 10.7. The summed E-state index contributed by atoms with van der Waals surface area (Å²) >= 11 is 0. The zero-order chi connectivity index (χ0) is 22.1. The molecule has 1 aliphatic rings. The van der Waals surface area contributed by atoms with Crippen LogP contribution in [0.2, 0.25) is 0 Å². The Hall–Kier alpha value is -1.82. The van der Waals surface area contributed by atoms with Crippen molar-refractivity contribution in [1.82, 2.24) is 9.88 Å². The number of aromatic nitrogens is 1. The van der Waals surface area contributed by atoms with E-state index in [0.29, 0.717) is 23.4 Å². The molecule has 0 spiro atoms. The molecule has 170 valence electrons. The van der Waals surface area contributed by atoms with Gasteiger partial charge in [0.2, 0.25) is 0 Å². The summed E-state index contributed by atoms with van der Waals surface area (Å²) in [6.07, 6.45) is 9.25. The number of piperidine rings is 1. The fourth-order valence-electron chi connectivity index (χ4n) is 4.03. The van der Waals surface area contributed by atoms with Crippen molar-refractivity contribution >= 4 is 11.9 Å². The average molecular weight is 421 g/mol. The number of aryl methyl sites for hydroxylation is 1. The lowest BCUT2D eigenvalue weighted by Gasteiger charge is -2.26. The van der Waals surface area contributed by atoms with Crippen LogP contribution in [0.4, 0.5) is 0 Å². The second kappa shape index (κ2) is 11.5. The summed E-state index contributed by atoms with van der Waals surface area (Å²) in [6, 6.07) is 0. The molecular weight excluding hydrogens is 380 g/mol. The first-order chi connectivity index (χ1) is 14.2. The Balaban J connectivity index is 1.94. The first-order valence-electron chi connectivity index (χ1n) is 11.6.